The van der Waals surface area contributed by atoms with Crippen LogP contribution >= 0.6 is 0 Å². The first-order chi connectivity index (χ1) is 0. The molecule has 0 unspecified atom stereocenters. The van der Waals surface area contributed by atoms with E-state index in [-0.39, 0.29) is 67.8 Å². The summed E-state index contributed by atoms with van der Waals surface area (Å²) in [5, 5.41) is 0. The van der Waals surface area contributed by atoms with Crippen LogP contribution in [-0.4, -0.2) is 29.6 Å². The second-order valence-electron chi connectivity index (χ2n) is 0. The Morgan fingerprint density at radius 2 is 1.00 bits per heavy atom. The zero-order valence-corrected chi connectivity index (χ0v) is 6.24. The van der Waals surface area contributed by atoms with Crippen LogP contribution in [0.3, 0.4) is 0 Å². The molecule has 0 aliphatic rings. The van der Waals surface area contributed by atoms with E-state index >= 15 is 0 Å². The van der Waals surface area contributed by atoms with Gasteiger partial charge in [-0.3, -0.25) is 0 Å². The van der Waals surface area contributed by atoms with Crippen LogP contribution in [0.25, 0.3) is 0 Å². The molecule has 0 saturated heterocycles. The van der Waals surface area contributed by atoms with E-state index in [1.54, 1.807) is 0 Å². The van der Waals surface area contributed by atoms with Crippen molar-refractivity contribution in [3.8, 4) is 0 Å². The van der Waals surface area contributed by atoms with E-state index in [1.165, 1.54) is 0 Å². The van der Waals surface area contributed by atoms with Gasteiger partial charge in [0.1, 0.15) is 0 Å². The van der Waals surface area contributed by atoms with Crippen molar-refractivity contribution in [2.24, 2.45) is 0 Å². The largest absolute Gasteiger partial charge is 0 e. The molecule has 0 fully saturated rings. The maximum absolute atomic E-state index is 0. The molecule has 0 bridgehead atoms. The van der Waals surface area contributed by atoms with Gasteiger partial charge < -0.3 is 0 Å². The number of hydrogen-bond acceptors (Lipinski definition) is 0. The number of halogens is 1. The topological polar surface area (TPSA) is 0 Å². The van der Waals surface area contributed by atoms with Gasteiger partial charge in [0.2, 0.25) is 0 Å². The van der Waals surface area contributed by atoms with E-state index < -0.39 is 0 Å². The molecule has 0 aliphatic carbocycles. The standard InChI is InChI=1S/F.Mn.Na.Ni. The van der Waals surface area contributed by atoms with E-state index in [0.29, 0.717) is 0 Å². The third kappa shape index (κ3) is 9.05. The van der Waals surface area contributed by atoms with Crippen LogP contribution in [0.15, 0.2) is 0 Å². The van der Waals surface area contributed by atoms with Gasteiger partial charge in [0.15, 0.2) is 0 Å². The molecule has 0 aromatic rings. The van der Waals surface area contributed by atoms with Crippen molar-refractivity contribution < 1.29 is 38.3 Å². The summed E-state index contributed by atoms with van der Waals surface area (Å²) in [6.45, 7) is 0. The normalized spacial score (nSPS) is 0. The third-order valence-corrected chi connectivity index (χ3v) is 0. The monoisotopic (exact) mass is 155 g/mol. The Kier molecular flexibility index (Phi) is 196. The van der Waals surface area contributed by atoms with Crippen LogP contribution in [0, 0.1) is 0 Å². The number of rotatable bonds is 0. The molecule has 4 heteroatoms. The quantitative estimate of drug-likeness (QED) is 0.434. The molecule has 0 aliphatic heterocycles. The first kappa shape index (κ1) is 38.5. The average Bonchev–Trinajstić information content (AvgIpc) is 0. The van der Waals surface area contributed by atoms with Gasteiger partial charge in [-0.1, -0.05) is 0 Å². The molecule has 0 rings (SSSR count). The maximum Gasteiger partial charge on any atom is 0 e. The van der Waals surface area contributed by atoms with E-state index in [1.807, 2.05) is 0 Å². The average molecular weight is 156 g/mol. The van der Waals surface area contributed by atoms with Gasteiger partial charge in [-0.05, 0) is 0 Å². The Morgan fingerprint density at radius 1 is 1.00 bits per heavy atom. The third-order valence-electron chi connectivity index (χ3n) is 0. The molecule has 0 atom stereocenters. The van der Waals surface area contributed by atoms with Crippen LogP contribution in [-0.2, 0) is 33.6 Å². The molecule has 4 heavy (non-hydrogen) atoms. The minimum absolute atomic E-state index is 0. The predicted molar refractivity (Wildman–Crippen MR) is 6.86 cm³/mol. The Morgan fingerprint density at radius 3 is 1.00 bits per heavy atom. The molecule has 25 valence electrons. The van der Waals surface area contributed by atoms with Crippen LogP contribution < -0.4 is 0 Å². The van der Waals surface area contributed by atoms with Crippen molar-refractivity contribution in [3.63, 3.8) is 0 Å². The zero-order valence-electron chi connectivity index (χ0n) is 2.07. The van der Waals surface area contributed by atoms with E-state index in [9.17, 15) is 0 Å². The van der Waals surface area contributed by atoms with Crippen molar-refractivity contribution >= 4 is 29.6 Å². The number of hydrogen-bond donors (Lipinski definition) is 0. The van der Waals surface area contributed by atoms with Crippen LogP contribution in [0.5, 0.6) is 0 Å². The molecule has 0 amide bonds. The smallest absolute Gasteiger partial charge is 0 e. The Balaban J connectivity index is 0. The molecule has 0 heterocycles. The van der Waals surface area contributed by atoms with Crippen molar-refractivity contribution in [2.45, 2.75) is 0 Å². The molecule has 0 aromatic heterocycles. The van der Waals surface area contributed by atoms with Gasteiger partial charge in [0, 0.05) is 67.8 Å². The fraction of sp³-hybridized carbons (Fsp3) is 0. The molecule has 0 N–H and O–H groups in total. The predicted octanol–water partition coefficient (Wildman–Crippen LogP) is 0.0344. The van der Waals surface area contributed by atoms with Gasteiger partial charge in [-0.15, -0.1) is 0 Å². The minimum atomic E-state index is 0. The SMILES string of the molecule is [F].[Mn].[Na].[Ni]. The van der Waals surface area contributed by atoms with Crippen molar-refractivity contribution in [2.75, 3.05) is 0 Å². The molecular formula is FMnNaNi. The van der Waals surface area contributed by atoms with Gasteiger partial charge >= 0.3 is 0 Å². The van der Waals surface area contributed by atoms with Crippen molar-refractivity contribution in [1.29, 1.82) is 0 Å². The maximum atomic E-state index is 0. The second kappa shape index (κ2) is 20.4. The van der Waals surface area contributed by atoms with Crippen molar-refractivity contribution in [3.05, 3.63) is 0 Å². The Bertz CT molecular complexity index is 8.00. The zero-order chi connectivity index (χ0) is 0. The summed E-state index contributed by atoms with van der Waals surface area (Å²) in [4.78, 5) is 0. The fourth-order valence-electron chi connectivity index (χ4n) is 0. The summed E-state index contributed by atoms with van der Waals surface area (Å²) >= 11 is 0. The van der Waals surface area contributed by atoms with Crippen LogP contribution in [0.4, 0.5) is 4.70 Å². The summed E-state index contributed by atoms with van der Waals surface area (Å²) in [7, 11) is 0. The Hall–Kier alpha value is 1.94. The van der Waals surface area contributed by atoms with Gasteiger partial charge in [-0.2, -0.15) is 0 Å². The second-order valence-corrected chi connectivity index (χ2v) is 0. The van der Waals surface area contributed by atoms with E-state index in [4.69, 9.17) is 0 Å². The van der Waals surface area contributed by atoms with E-state index in [0.717, 1.165) is 0 Å². The summed E-state index contributed by atoms with van der Waals surface area (Å²) in [5.74, 6) is 0. The molecule has 3 radical (unpaired) electrons. The molecule has 0 saturated carbocycles. The summed E-state index contributed by atoms with van der Waals surface area (Å²) in [5.41, 5.74) is 0. The molecule has 0 aromatic carbocycles. The van der Waals surface area contributed by atoms with Crippen LogP contribution in [0.2, 0.25) is 0 Å². The van der Waals surface area contributed by atoms with Gasteiger partial charge in [0.25, 0.3) is 0 Å². The van der Waals surface area contributed by atoms with Gasteiger partial charge in [0.05, 0.1) is 0 Å². The first-order valence-electron chi connectivity index (χ1n) is 0. The summed E-state index contributed by atoms with van der Waals surface area (Å²) in [6.07, 6.45) is 0. The molecule has 0 spiro atoms. The summed E-state index contributed by atoms with van der Waals surface area (Å²) < 4.78 is 0. The Labute approximate surface area is 67.2 Å². The molecular weight excluding hydrogens is 156 g/mol. The van der Waals surface area contributed by atoms with Crippen molar-refractivity contribution in [1.82, 2.24) is 0 Å². The van der Waals surface area contributed by atoms with E-state index in [2.05, 4.69) is 0 Å². The van der Waals surface area contributed by atoms with Gasteiger partial charge in [-0.25, -0.2) is 0 Å². The minimum Gasteiger partial charge on any atom is 0 e. The molecule has 0 nitrogen and oxygen atoms in total. The fourth-order valence-corrected chi connectivity index (χ4v) is 0. The summed E-state index contributed by atoms with van der Waals surface area (Å²) in [6, 6.07) is 0. The first-order valence-corrected chi connectivity index (χ1v) is 0. The van der Waals surface area contributed by atoms with Crippen LogP contribution in [0.1, 0.15) is 0 Å².